The van der Waals surface area contributed by atoms with E-state index in [1.807, 2.05) is 56.3 Å². The quantitative estimate of drug-likeness (QED) is 0.860. The van der Waals surface area contributed by atoms with E-state index in [9.17, 15) is 4.79 Å². The molecule has 4 nitrogen and oxygen atoms in total. The molecule has 0 aliphatic heterocycles. The molecule has 24 heavy (non-hydrogen) atoms. The summed E-state index contributed by atoms with van der Waals surface area (Å²) in [6.45, 7) is 4.46. The van der Waals surface area contributed by atoms with Crippen LogP contribution in [0.5, 0.6) is 11.5 Å². The van der Waals surface area contributed by atoms with Crippen LogP contribution in [0.1, 0.15) is 21.5 Å². The van der Waals surface area contributed by atoms with Crippen molar-refractivity contribution in [1.82, 2.24) is 5.32 Å². The Balaban J connectivity index is 1.80. The lowest BCUT2D eigenvalue weighted by Gasteiger charge is -2.07. The number of hydrogen-bond donors (Lipinski definition) is 1. The van der Waals surface area contributed by atoms with Crippen LogP contribution in [-0.4, -0.2) is 26.2 Å². The largest absolute Gasteiger partial charge is 0.493 e. The number of carbonyl (C=O) groups excluding carboxylic acids is 1. The summed E-state index contributed by atoms with van der Waals surface area (Å²) in [7, 11) is 1.59. The Hall–Kier alpha value is -2.93. The summed E-state index contributed by atoms with van der Waals surface area (Å²) in [5.41, 5.74) is 2.78. The number of benzene rings is 2. The first-order chi connectivity index (χ1) is 11.6. The lowest BCUT2D eigenvalue weighted by Crippen LogP contribution is -2.23. The fraction of sp³-hybridized carbons (Fsp3) is 0.250. The minimum Gasteiger partial charge on any atom is -0.493 e. The highest BCUT2D eigenvalue weighted by atomic mass is 16.5. The minimum absolute atomic E-state index is 0.123. The Labute approximate surface area is 142 Å². The van der Waals surface area contributed by atoms with E-state index < -0.39 is 0 Å². The second kappa shape index (κ2) is 8.64. The summed E-state index contributed by atoms with van der Waals surface area (Å²) >= 11 is 0. The van der Waals surface area contributed by atoms with E-state index in [1.54, 1.807) is 7.11 Å². The first-order valence-electron chi connectivity index (χ1n) is 7.68. The molecule has 2 aromatic rings. The van der Waals surface area contributed by atoms with Crippen LogP contribution in [0.4, 0.5) is 0 Å². The molecular weight excluding hydrogens is 302 g/mol. The van der Waals surface area contributed by atoms with E-state index in [1.165, 1.54) is 0 Å². The van der Waals surface area contributed by atoms with E-state index in [-0.39, 0.29) is 19.1 Å². The van der Waals surface area contributed by atoms with E-state index in [4.69, 9.17) is 9.47 Å². The van der Waals surface area contributed by atoms with Crippen molar-refractivity contribution in [3.8, 4) is 23.3 Å². The summed E-state index contributed by atoms with van der Waals surface area (Å²) in [5, 5.41) is 2.78. The van der Waals surface area contributed by atoms with E-state index in [0.29, 0.717) is 17.1 Å². The van der Waals surface area contributed by atoms with Gasteiger partial charge in [0, 0.05) is 5.56 Å². The third kappa shape index (κ3) is 5.06. The molecule has 0 radical (unpaired) electrons. The third-order valence-corrected chi connectivity index (χ3v) is 3.32. The first kappa shape index (κ1) is 17.4. The van der Waals surface area contributed by atoms with Gasteiger partial charge in [-0.3, -0.25) is 4.79 Å². The smallest absolute Gasteiger partial charge is 0.252 e. The standard InChI is InChI=1S/C20H21NO3/c1-15-12-16(2)14-17(13-15)20(22)21-10-6-7-11-24-19-9-5-4-8-18(19)23-3/h4-5,8-9,12-14H,10-11H2,1-3H3,(H,21,22). The second-order valence-corrected chi connectivity index (χ2v) is 5.35. The molecule has 0 saturated carbocycles. The fourth-order valence-corrected chi connectivity index (χ4v) is 2.30. The molecule has 0 atom stereocenters. The number of rotatable bonds is 5. The first-order valence-corrected chi connectivity index (χ1v) is 7.68. The fourth-order valence-electron chi connectivity index (χ4n) is 2.30. The normalized spacial score (nSPS) is 9.62. The predicted molar refractivity (Wildman–Crippen MR) is 94.5 cm³/mol. The highest BCUT2D eigenvalue weighted by molar-refractivity contribution is 5.94. The summed E-state index contributed by atoms with van der Waals surface area (Å²) in [6.07, 6.45) is 0. The van der Waals surface area contributed by atoms with Crippen LogP contribution >= 0.6 is 0 Å². The summed E-state index contributed by atoms with van der Waals surface area (Å²) < 4.78 is 10.7. The molecule has 0 fully saturated rings. The number of aryl methyl sites for hydroxylation is 2. The molecule has 2 aromatic carbocycles. The van der Waals surface area contributed by atoms with Crippen molar-refractivity contribution in [2.75, 3.05) is 20.3 Å². The third-order valence-electron chi connectivity index (χ3n) is 3.32. The zero-order valence-corrected chi connectivity index (χ0v) is 14.2. The van der Waals surface area contributed by atoms with Crippen LogP contribution in [0.15, 0.2) is 42.5 Å². The molecule has 0 aliphatic carbocycles. The van der Waals surface area contributed by atoms with Gasteiger partial charge in [0.25, 0.3) is 5.91 Å². The zero-order valence-electron chi connectivity index (χ0n) is 14.2. The summed E-state index contributed by atoms with van der Waals surface area (Å²) in [4.78, 5) is 12.1. The van der Waals surface area contributed by atoms with Gasteiger partial charge in [-0.05, 0) is 38.1 Å². The molecule has 0 bridgehead atoms. The van der Waals surface area contributed by atoms with Crippen molar-refractivity contribution in [1.29, 1.82) is 0 Å². The summed E-state index contributed by atoms with van der Waals surface area (Å²) in [6, 6.07) is 13.2. The van der Waals surface area contributed by atoms with Gasteiger partial charge in [0.1, 0.15) is 6.61 Å². The number of methoxy groups -OCH3 is 1. The van der Waals surface area contributed by atoms with Crippen LogP contribution in [0, 0.1) is 25.7 Å². The van der Waals surface area contributed by atoms with Crippen LogP contribution < -0.4 is 14.8 Å². The Morgan fingerprint density at radius 3 is 2.38 bits per heavy atom. The number of amides is 1. The molecule has 0 heterocycles. The van der Waals surface area contributed by atoms with E-state index >= 15 is 0 Å². The number of hydrogen-bond acceptors (Lipinski definition) is 3. The van der Waals surface area contributed by atoms with Crippen LogP contribution in [0.2, 0.25) is 0 Å². The van der Waals surface area contributed by atoms with Crippen molar-refractivity contribution in [3.05, 3.63) is 59.2 Å². The maximum absolute atomic E-state index is 12.1. The molecule has 1 amide bonds. The number of para-hydroxylation sites is 2. The highest BCUT2D eigenvalue weighted by Crippen LogP contribution is 2.25. The van der Waals surface area contributed by atoms with Gasteiger partial charge >= 0.3 is 0 Å². The van der Waals surface area contributed by atoms with Crippen molar-refractivity contribution >= 4 is 5.91 Å². The Morgan fingerprint density at radius 2 is 1.71 bits per heavy atom. The SMILES string of the molecule is COc1ccccc1OCC#CCNC(=O)c1cc(C)cc(C)c1. The van der Waals surface area contributed by atoms with Gasteiger partial charge < -0.3 is 14.8 Å². The Kier molecular flexibility index (Phi) is 6.27. The topological polar surface area (TPSA) is 47.6 Å². The van der Waals surface area contributed by atoms with Gasteiger partial charge in [0.2, 0.25) is 0 Å². The summed E-state index contributed by atoms with van der Waals surface area (Å²) in [5.74, 6) is 6.94. The molecule has 4 heteroatoms. The molecule has 0 aromatic heterocycles. The van der Waals surface area contributed by atoms with Gasteiger partial charge in [-0.25, -0.2) is 0 Å². The Bertz CT molecular complexity index is 752. The van der Waals surface area contributed by atoms with Crippen molar-refractivity contribution < 1.29 is 14.3 Å². The van der Waals surface area contributed by atoms with Gasteiger partial charge in [-0.2, -0.15) is 0 Å². The van der Waals surface area contributed by atoms with E-state index in [2.05, 4.69) is 17.2 Å². The molecule has 124 valence electrons. The lowest BCUT2D eigenvalue weighted by atomic mass is 10.1. The molecule has 2 rings (SSSR count). The number of ether oxygens (including phenoxy) is 2. The highest BCUT2D eigenvalue weighted by Gasteiger charge is 2.05. The van der Waals surface area contributed by atoms with Gasteiger partial charge in [0.15, 0.2) is 11.5 Å². The number of carbonyl (C=O) groups is 1. The average Bonchev–Trinajstić information content (AvgIpc) is 2.57. The molecule has 0 saturated heterocycles. The van der Waals surface area contributed by atoms with Crippen molar-refractivity contribution in [2.45, 2.75) is 13.8 Å². The predicted octanol–water partition coefficient (Wildman–Crippen LogP) is 3.12. The number of nitrogens with one attached hydrogen (secondary N) is 1. The molecule has 0 unspecified atom stereocenters. The zero-order chi connectivity index (χ0) is 17.4. The van der Waals surface area contributed by atoms with Gasteiger partial charge in [0.05, 0.1) is 13.7 Å². The van der Waals surface area contributed by atoms with Crippen LogP contribution in [-0.2, 0) is 0 Å². The van der Waals surface area contributed by atoms with E-state index in [0.717, 1.165) is 11.1 Å². The van der Waals surface area contributed by atoms with Crippen molar-refractivity contribution in [2.24, 2.45) is 0 Å². The molecule has 0 aliphatic rings. The van der Waals surface area contributed by atoms with Crippen LogP contribution in [0.3, 0.4) is 0 Å². The molecule has 0 spiro atoms. The van der Waals surface area contributed by atoms with Crippen molar-refractivity contribution in [3.63, 3.8) is 0 Å². The maximum atomic E-state index is 12.1. The van der Waals surface area contributed by atoms with Crippen LogP contribution in [0.25, 0.3) is 0 Å². The second-order valence-electron chi connectivity index (χ2n) is 5.35. The van der Waals surface area contributed by atoms with Gasteiger partial charge in [-0.15, -0.1) is 0 Å². The monoisotopic (exact) mass is 323 g/mol. The molecular formula is C20H21NO3. The maximum Gasteiger partial charge on any atom is 0.252 e. The Morgan fingerprint density at radius 1 is 1.04 bits per heavy atom. The average molecular weight is 323 g/mol. The van der Waals surface area contributed by atoms with Gasteiger partial charge in [-0.1, -0.05) is 41.2 Å². The minimum atomic E-state index is -0.123. The lowest BCUT2D eigenvalue weighted by molar-refractivity contribution is 0.0958. The molecule has 1 N–H and O–H groups in total.